The van der Waals surface area contributed by atoms with Gasteiger partial charge in [-0.05, 0) is 38.0 Å². The molecule has 0 aliphatic heterocycles. The molecule has 122 valence electrons. The van der Waals surface area contributed by atoms with Gasteiger partial charge in [-0.25, -0.2) is 8.42 Å². The van der Waals surface area contributed by atoms with Crippen LogP contribution < -0.4 is 15.6 Å². The second-order valence-electron chi connectivity index (χ2n) is 5.08. The van der Waals surface area contributed by atoms with Crippen molar-refractivity contribution in [1.29, 1.82) is 0 Å². The Bertz CT molecular complexity index is 624. The first-order chi connectivity index (χ1) is 10.3. The van der Waals surface area contributed by atoms with Crippen LogP contribution >= 0.6 is 0 Å². The van der Waals surface area contributed by atoms with Crippen molar-refractivity contribution in [2.45, 2.75) is 44.6 Å². The Balaban J connectivity index is 2.67. The number of carbonyl (C=O) groups is 2. The molecule has 22 heavy (non-hydrogen) atoms. The minimum atomic E-state index is -3.91. The molecule has 8 heteroatoms. The van der Waals surface area contributed by atoms with E-state index in [0.29, 0.717) is 0 Å². The van der Waals surface area contributed by atoms with Gasteiger partial charge in [-0.2, -0.15) is 0 Å². The number of rotatable bonds is 6. The molecule has 3 N–H and O–H groups in total. The third-order valence-electron chi connectivity index (χ3n) is 2.70. The van der Waals surface area contributed by atoms with E-state index < -0.39 is 21.8 Å². The minimum Gasteiger partial charge on any atom is -0.346 e. The van der Waals surface area contributed by atoms with Crippen LogP contribution in [-0.4, -0.2) is 26.3 Å². The molecular formula is C14H21N3O4S. The summed E-state index contributed by atoms with van der Waals surface area (Å²) in [4.78, 5) is 24.7. The number of aryl methyl sites for hydroxylation is 1. The third-order valence-corrected chi connectivity index (χ3v) is 3.96. The Morgan fingerprint density at radius 1 is 1.09 bits per heavy atom. The first-order valence-corrected chi connectivity index (χ1v) is 8.46. The molecule has 0 radical (unpaired) electrons. The standard InChI is InChI=1S/C14H21N3O4S/c1-4-5-11-6-8-12(9-7-11)22(20,21)17-16-14(19)13(18)15-10(2)3/h6-10,17H,4-5H2,1-3H3,(H,15,18)(H,16,19). The first kappa shape index (κ1) is 18.1. The molecule has 0 heterocycles. The molecule has 0 spiro atoms. The number of sulfonamides is 1. The Hall–Kier alpha value is -1.93. The van der Waals surface area contributed by atoms with Crippen LogP contribution in [0.3, 0.4) is 0 Å². The molecule has 0 bridgehead atoms. The van der Waals surface area contributed by atoms with E-state index in [0.717, 1.165) is 18.4 Å². The smallest absolute Gasteiger partial charge is 0.324 e. The van der Waals surface area contributed by atoms with Crippen LogP contribution in [0.15, 0.2) is 29.2 Å². The monoisotopic (exact) mass is 327 g/mol. The lowest BCUT2D eigenvalue weighted by atomic mass is 10.1. The summed E-state index contributed by atoms with van der Waals surface area (Å²) >= 11 is 0. The summed E-state index contributed by atoms with van der Waals surface area (Å²) in [5.41, 5.74) is 2.91. The molecule has 0 aliphatic rings. The van der Waals surface area contributed by atoms with Crippen LogP contribution in [0, 0.1) is 0 Å². The topological polar surface area (TPSA) is 104 Å². The molecular weight excluding hydrogens is 306 g/mol. The third kappa shape index (κ3) is 5.45. The molecule has 7 nitrogen and oxygen atoms in total. The molecule has 1 aromatic carbocycles. The van der Waals surface area contributed by atoms with E-state index in [2.05, 4.69) is 5.32 Å². The number of amides is 2. The van der Waals surface area contributed by atoms with E-state index in [9.17, 15) is 18.0 Å². The van der Waals surface area contributed by atoms with Crippen LogP contribution in [0.5, 0.6) is 0 Å². The van der Waals surface area contributed by atoms with Gasteiger partial charge in [0.25, 0.3) is 10.0 Å². The van der Waals surface area contributed by atoms with Gasteiger partial charge in [-0.3, -0.25) is 15.0 Å². The van der Waals surface area contributed by atoms with Crippen molar-refractivity contribution in [2.24, 2.45) is 0 Å². The zero-order valence-corrected chi connectivity index (χ0v) is 13.7. The fraction of sp³-hybridized carbons (Fsp3) is 0.429. The van der Waals surface area contributed by atoms with Crippen molar-refractivity contribution in [2.75, 3.05) is 0 Å². The van der Waals surface area contributed by atoms with Gasteiger partial charge in [-0.1, -0.05) is 25.5 Å². The number of carbonyl (C=O) groups excluding carboxylic acids is 2. The summed E-state index contributed by atoms with van der Waals surface area (Å²) in [7, 11) is -3.91. The Kier molecular flexibility index (Phi) is 6.51. The maximum absolute atomic E-state index is 12.0. The molecule has 0 atom stereocenters. The van der Waals surface area contributed by atoms with Gasteiger partial charge in [0.05, 0.1) is 4.90 Å². The highest BCUT2D eigenvalue weighted by atomic mass is 32.2. The van der Waals surface area contributed by atoms with Crippen LogP contribution in [0.1, 0.15) is 32.8 Å². The molecule has 0 aliphatic carbocycles. The minimum absolute atomic E-state index is 0.0110. The highest BCUT2D eigenvalue weighted by Gasteiger charge is 2.19. The van der Waals surface area contributed by atoms with Gasteiger partial charge in [0.1, 0.15) is 0 Å². The van der Waals surface area contributed by atoms with Gasteiger partial charge in [0, 0.05) is 6.04 Å². The highest BCUT2D eigenvalue weighted by Crippen LogP contribution is 2.11. The predicted molar refractivity (Wildman–Crippen MR) is 82.2 cm³/mol. The van der Waals surface area contributed by atoms with Gasteiger partial charge in [0.15, 0.2) is 0 Å². The predicted octanol–water partition coefficient (Wildman–Crippen LogP) is 0.473. The maximum Gasteiger partial charge on any atom is 0.324 e. The summed E-state index contributed by atoms with van der Waals surface area (Å²) in [6.45, 7) is 5.41. The molecule has 1 rings (SSSR count). The highest BCUT2D eigenvalue weighted by molar-refractivity contribution is 7.89. The summed E-state index contributed by atoms with van der Waals surface area (Å²) in [5.74, 6) is -1.98. The average Bonchev–Trinajstić information content (AvgIpc) is 2.45. The molecule has 0 fully saturated rings. The average molecular weight is 327 g/mol. The summed E-state index contributed by atoms with van der Waals surface area (Å²) in [6, 6.07) is 6.11. The summed E-state index contributed by atoms with van der Waals surface area (Å²) in [6.07, 6.45) is 1.82. The molecule has 1 aromatic rings. The zero-order valence-electron chi connectivity index (χ0n) is 12.8. The van der Waals surface area contributed by atoms with E-state index in [1.54, 1.807) is 26.0 Å². The fourth-order valence-corrected chi connectivity index (χ4v) is 2.52. The lowest BCUT2D eigenvalue weighted by Crippen LogP contribution is -2.49. The normalized spacial score (nSPS) is 11.3. The quantitative estimate of drug-likeness (QED) is 0.522. The van der Waals surface area contributed by atoms with Crippen molar-refractivity contribution in [3.05, 3.63) is 29.8 Å². The number of nitrogens with one attached hydrogen (secondary N) is 3. The second kappa shape index (κ2) is 7.90. The lowest BCUT2D eigenvalue weighted by Gasteiger charge is -2.10. The fourth-order valence-electron chi connectivity index (χ4n) is 1.68. The number of benzene rings is 1. The summed E-state index contributed by atoms with van der Waals surface area (Å²) in [5, 5.41) is 2.35. The van der Waals surface area contributed by atoms with Gasteiger partial charge >= 0.3 is 11.8 Å². The Morgan fingerprint density at radius 3 is 2.18 bits per heavy atom. The van der Waals surface area contributed by atoms with E-state index in [4.69, 9.17) is 0 Å². The number of hydrogen-bond donors (Lipinski definition) is 3. The van der Waals surface area contributed by atoms with Gasteiger partial charge in [-0.15, -0.1) is 4.83 Å². The van der Waals surface area contributed by atoms with E-state index >= 15 is 0 Å². The molecule has 0 unspecified atom stereocenters. The lowest BCUT2D eigenvalue weighted by molar-refractivity contribution is -0.139. The SMILES string of the molecule is CCCc1ccc(S(=O)(=O)NNC(=O)C(=O)NC(C)C)cc1. The molecule has 2 amide bonds. The van der Waals surface area contributed by atoms with Crippen molar-refractivity contribution < 1.29 is 18.0 Å². The van der Waals surface area contributed by atoms with E-state index in [-0.39, 0.29) is 10.9 Å². The van der Waals surface area contributed by atoms with Gasteiger partial charge in [0.2, 0.25) is 0 Å². The van der Waals surface area contributed by atoms with Crippen LogP contribution in [0.2, 0.25) is 0 Å². The van der Waals surface area contributed by atoms with E-state index in [1.165, 1.54) is 12.1 Å². The van der Waals surface area contributed by atoms with Crippen LogP contribution in [0.25, 0.3) is 0 Å². The molecule has 0 saturated carbocycles. The van der Waals surface area contributed by atoms with Crippen molar-refractivity contribution in [1.82, 2.24) is 15.6 Å². The molecule has 0 aromatic heterocycles. The van der Waals surface area contributed by atoms with Crippen molar-refractivity contribution in [3.63, 3.8) is 0 Å². The number of hydrazine groups is 1. The van der Waals surface area contributed by atoms with Crippen LogP contribution in [-0.2, 0) is 26.0 Å². The van der Waals surface area contributed by atoms with Gasteiger partial charge < -0.3 is 5.32 Å². The van der Waals surface area contributed by atoms with Crippen molar-refractivity contribution >= 4 is 21.8 Å². The second-order valence-corrected chi connectivity index (χ2v) is 6.76. The Labute approximate surface area is 130 Å². The van der Waals surface area contributed by atoms with E-state index in [1.807, 2.05) is 17.2 Å². The maximum atomic E-state index is 12.0. The largest absolute Gasteiger partial charge is 0.346 e. The van der Waals surface area contributed by atoms with Crippen LogP contribution in [0.4, 0.5) is 0 Å². The number of hydrogen-bond acceptors (Lipinski definition) is 4. The van der Waals surface area contributed by atoms with Crippen molar-refractivity contribution in [3.8, 4) is 0 Å². The Morgan fingerprint density at radius 2 is 1.68 bits per heavy atom. The zero-order chi connectivity index (χ0) is 16.8. The first-order valence-electron chi connectivity index (χ1n) is 6.98. The molecule has 0 saturated heterocycles. The summed E-state index contributed by atoms with van der Waals surface area (Å²) < 4.78 is 24.0.